The Bertz CT molecular complexity index is 1220. The Hall–Kier alpha value is -2.44. The molecule has 1 aliphatic heterocycles. The molecule has 0 atom stereocenters. The number of piperazine rings is 1. The van der Waals surface area contributed by atoms with Gasteiger partial charge in [0.15, 0.2) is 33.1 Å². The van der Waals surface area contributed by atoms with Gasteiger partial charge in [0.1, 0.15) is 10.6 Å². The Kier molecular flexibility index (Phi) is 7.20. The Morgan fingerprint density at radius 1 is 1.00 bits per heavy atom. The third kappa shape index (κ3) is 5.07. The van der Waals surface area contributed by atoms with Gasteiger partial charge in [-0.1, -0.05) is 23.2 Å². The molecule has 2 aromatic carbocycles. The molecule has 1 amide bonds. The van der Waals surface area contributed by atoms with Gasteiger partial charge in [0.05, 0.1) is 28.0 Å². The van der Waals surface area contributed by atoms with Crippen molar-refractivity contribution in [3.8, 4) is 5.75 Å². The van der Waals surface area contributed by atoms with Gasteiger partial charge in [-0.2, -0.15) is 0 Å². The van der Waals surface area contributed by atoms with Crippen LogP contribution in [0.2, 0.25) is 10.0 Å². The number of phenolic OH excluding ortho intramolecular Hbond substituents is 1. The van der Waals surface area contributed by atoms with Crippen LogP contribution < -0.4 is 10.2 Å². The van der Waals surface area contributed by atoms with Crippen molar-refractivity contribution in [3.05, 3.63) is 45.4 Å². The van der Waals surface area contributed by atoms with E-state index in [9.17, 15) is 35.9 Å². The molecule has 3 rings (SSSR count). The van der Waals surface area contributed by atoms with E-state index < -0.39 is 49.6 Å². The van der Waals surface area contributed by atoms with Gasteiger partial charge in [-0.3, -0.25) is 4.79 Å². The van der Waals surface area contributed by atoms with Crippen molar-refractivity contribution in [2.24, 2.45) is 0 Å². The first-order valence-corrected chi connectivity index (χ1v) is 12.0. The van der Waals surface area contributed by atoms with Crippen LogP contribution in [0.15, 0.2) is 17.0 Å². The lowest BCUT2D eigenvalue weighted by molar-refractivity contribution is -0.129. The highest BCUT2D eigenvalue weighted by atomic mass is 35.5. The molecule has 33 heavy (non-hydrogen) atoms. The van der Waals surface area contributed by atoms with Crippen LogP contribution in [0.3, 0.4) is 0 Å². The molecule has 1 fully saturated rings. The molecule has 0 bridgehead atoms. The molecule has 0 radical (unpaired) electrons. The highest BCUT2D eigenvalue weighted by molar-refractivity contribution is 7.90. The van der Waals surface area contributed by atoms with Crippen LogP contribution in [0, 0.1) is 23.3 Å². The zero-order valence-corrected chi connectivity index (χ0v) is 19.3. The van der Waals surface area contributed by atoms with Crippen LogP contribution in [-0.2, 0) is 14.6 Å². The number of phenols is 1. The van der Waals surface area contributed by atoms with Gasteiger partial charge >= 0.3 is 0 Å². The van der Waals surface area contributed by atoms with Crippen molar-refractivity contribution in [1.82, 2.24) is 4.90 Å². The minimum Gasteiger partial charge on any atom is -0.506 e. The maximum atomic E-state index is 14.5. The number of carbonyl (C=O) groups excluding carboxylic acids is 1. The van der Waals surface area contributed by atoms with Gasteiger partial charge in [-0.05, 0) is 6.07 Å². The molecule has 0 unspecified atom stereocenters. The summed E-state index contributed by atoms with van der Waals surface area (Å²) in [6.07, 6.45) is 0.551. The first kappa shape index (κ1) is 25.2. The SMILES string of the molecule is CS(=O)(=O)c1c(F)c(F)c(F)c(F)c1N1CCN(C(=O)CNc2cc(Cl)c(Cl)cc2O)CC1. The predicted molar refractivity (Wildman–Crippen MR) is 115 cm³/mol. The number of nitrogens with one attached hydrogen (secondary N) is 1. The minimum absolute atomic E-state index is 0.0445. The third-order valence-electron chi connectivity index (χ3n) is 4.99. The highest BCUT2D eigenvalue weighted by Crippen LogP contribution is 2.36. The maximum Gasteiger partial charge on any atom is 0.241 e. The molecule has 14 heteroatoms. The van der Waals surface area contributed by atoms with Crippen molar-refractivity contribution in [2.75, 3.05) is 49.2 Å². The highest BCUT2D eigenvalue weighted by Gasteiger charge is 2.35. The molecule has 0 spiro atoms. The molecule has 1 heterocycles. The average molecular weight is 530 g/mol. The molecule has 0 saturated carbocycles. The van der Waals surface area contributed by atoms with Crippen molar-refractivity contribution in [2.45, 2.75) is 4.90 Å². The van der Waals surface area contributed by atoms with Gasteiger partial charge < -0.3 is 20.2 Å². The topological polar surface area (TPSA) is 90.0 Å². The zero-order chi connectivity index (χ0) is 24.7. The Labute approximate surface area is 196 Å². The van der Waals surface area contributed by atoms with E-state index in [1.807, 2.05) is 0 Å². The molecule has 0 aliphatic carbocycles. The Morgan fingerprint density at radius 3 is 2.12 bits per heavy atom. The molecule has 0 aromatic heterocycles. The number of amides is 1. The number of benzene rings is 2. The number of sulfone groups is 1. The molecule has 1 aliphatic rings. The lowest BCUT2D eigenvalue weighted by Gasteiger charge is -2.37. The summed E-state index contributed by atoms with van der Waals surface area (Å²) in [5, 5.41) is 12.8. The van der Waals surface area contributed by atoms with Gasteiger partial charge in [0.2, 0.25) is 5.91 Å². The van der Waals surface area contributed by atoms with Crippen LogP contribution in [0.4, 0.5) is 28.9 Å². The molecule has 2 aromatic rings. The van der Waals surface area contributed by atoms with Crippen molar-refractivity contribution in [1.29, 1.82) is 0 Å². The second-order valence-electron chi connectivity index (χ2n) is 7.21. The van der Waals surface area contributed by atoms with E-state index in [-0.39, 0.29) is 54.2 Å². The van der Waals surface area contributed by atoms with E-state index in [4.69, 9.17) is 23.2 Å². The standard InChI is InChI=1S/C19H17Cl2F4N3O4S/c1-33(31,32)19-17(25)15(23)14(22)16(24)18(19)28-4-2-27(3-5-28)13(30)8-26-11-6-9(20)10(21)7-12(11)29/h6-7,26,29H,2-5,8H2,1H3. The summed E-state index contributed by atoms with van der Waals surface area (Å²) < 4.78 is 80.0. The molecule has 7 nitrogen and oxygen atoms in total. The number of halogens is 6. The lowest BCUT2D eigenvalue weighted by Crippen LogP contribution is -2.50. The largest absolute Gasteiger partial charge is 0.506 e. The van der Waals surface area contributed by atoms with Crippen LogP contribution in [0.5, 0.6) is 5.75 Å². The molecular weight excluding hydrogens is 513 g/mol. The number of hydrogen-bond acceptors (Lipinski definition) is 6. The number of hydrogen-bond donors (Lipinski definition) is 2. The fourth-order valence-corrected chi connectivity index (χ4v) is 4.67. The smallest absolute Gasteiger partial charge is 0.241 e. The number of anilines is 2. The van der Waals surface area contributed by atoms with E-state index in [1.54, 1.807) is 0 Å². The Morgan fingerprint density at radius 2 is 1.55 bits per heavy atom. The summed E-state index contributed by atoms with van der Waals surface area (Å²) in [7, 11) is -4.45. The summed E-state index contributed by atoms with van der Waals surface area (Å²) in [6, 6.07) is 2.53. The van der Waals surface area contributed by atoms with Crippen LogP contribution >= 0.6 is 23.2 Å². The van der Waals surface area contributed by atoms with E-state index in [0.29, 0.717) is 6.26 Å². The van der Waals surface area contributed by atoms with Crippen molar-refractivity contribution >= 4 is 50.3 Å². The van der Waals surface area contributed by atoms with Gasteiger partial charge in [-0.15, -0.1) is 0 Å². The summed E-state index contributed by atoms with van der Waals surface area (Å²) in [5.41, 5.74) is -0.756. The maximum absolute atomic E-state index is 14.5. The summed E-state index contributed by atoms with van der Waals surface area (Å²) >= 11 is 11.7. The van der Waals surface area contributed by atoms with E-state index >= 15 is 0 Å². The Balaban J connectivity index is 1.74. The van der Waals surface area contributed by atoms with Crippen LogP contribution in [-0.4, -0.2) is 63.3 Å². The summed E-state index contributed by atoms with van der Waals surface area (Å²) in [4.78, 5) is 13.6. The van der Waals surface area contributed by atoms with Crippen molar-refractivity contribution in [3.63, 3.8) is 0 Å². The van der Waals surface area contributed by atoms with Crippen molar-refractivity contribution < 1.29 is 35.9 Å². The second kappa shape index (κ2) is 9.43. The summed E-state index contributed by atoms with van der Waals surface area (Å²) in [6.45, 7) is -0.691. The quantitative estimate of drug-likeness (QED) is 0.203. The normalized spacial score (nSPS) is 14.5. The summed E-state index contributed by atoms with van der Waals surface area (Å²) in [5.74, 6) is -8.84. The van der Waals surface area contributed by atoms with Gasteiger partial charge in [0.25, 0.3) is 0 Å². The van der Waals surface area contributed by atoms with Gasteiger partial charge in [-0.25, -0.2) is 26.0 Å². The van der Waals surface area contributed by atoms with E-state index in [0.717, 1.165) is 4.90 Å². The zero-order valence-electron chi connectivity index (χ0n) is 16.9. The predicted octanol–water partition coefficient (Wildman–Crippen LogP) is 3.42. The number of nitrogens with zero attached hydrogens (tertiary/aromatic N) is 2. The average Bonchev–Trinajstić information content (AvgIpc) is 2.75. The first-order valence-electron chi connectivity index (χ1n) is 9.33. The third-order valence-corrected chi connectivity index (χ3v) is 6.82. The number of rotatable bonds is 5. The number of aromatic hydroxyl groups is 1. The van der Waals surface area contributed by atoms with Crippen LogP contribution in [0.25, 0.3) is 0 Å². The molecule has 2 N–H and O–H groups in total. The second-order valence-corrected chi connectivity index (χ2v) is 9.98. The van der Waals surface area contributed by atoms with E-state index in [1.165, 1.54) is 17.0 Å². The van der Waals surface area contributed by atoms with Crippen LogP contribution in [0.1, 0.15) is 0 Å². The number of carbonyl (C=O) groups is 1. The molecule has 1 saturated heterocycles. The fourth-order valence-electron chi connectivity index (χ4n) is 3.36. The van der Waals surface area contributed by atoms with E-state index in [2.05, 4.69) is 5.32 Å². The molecule has 180 valence electrons. The van der Waals surface area contributed by atoms with Gasteiger partial charge in [0, 0.05) is 38.5 Å². The molecular formula is C19H17Cl2F4N3O4S. The lowest BCUT2D eigenvalue weighted by atomic mass is 10.2. The first-order chi connectivity index (χ1) is 15.3. The fraction of sp³-hybridized carbons (Fsp3) is 0.316. The minimum atomic E-state index is -4.45. The monoisotopic (exact) mass is 529 g/mol.